The van der Waals surface area contributed by atoms with Crippen molar-refractivity contribution in [3.05, 3.63) is 0 Å². The van der Waals surface area contributed by atoms with E-state index in [-0.39, 0.29) is 0 Å². The molecular formula is C11H22N2O. The predicted octanol–water partition coefficient (Wildman–Crippen LogP) is 1.02. The maximum atomic E-state index is 6.06. The summed E-state index contributed by atoms with van der Waals surface area (Å²) in [4.78, 5) is 0. The van der Waals surface area contributed by atoms with E-state index in [1.54, 1.807) is 0 Å². The van der Waals surface area contributed by atoms with Crippen molar-refractivity contribution in [2.45, 2.75) is 56.7 Å². The number of hydrogen-bond acceptors (Lipinski definition) is 3. The van der Waals surface area contributed by atoms with E-state index in [0.29, 0.717) is 18.2 Å². The summed E-state index contributed by atoms with van der Waals surface area (Å²) < 4.78 is 5.58. The third-order valence-electron chi connectivity index (χ3n) is 3.45. The molecule has 3 heteroatoms. The molecule has 2 rings (SSSR count). The molecule has 0 aromatic rings. The second-order valence-corrected chi connectivity index (χ2v) is 4.60. The summed E-state index contributed by atoms with van der Waals surface area (Å²) in [6, 6.07) is 0.901. The largest absolute Gasteiger partial charge is 0.377 e. The van der Waals surface area contributed by atoms with E-state index in [0.717, 1.165) is 13.2 Å². The fourth-order valence-electron chi connectivity index (χ4n) is 2.50. The summed E-state index contributed by atoms with van der Waals surface area (Å²) in [5, 5.41) is 3.56. The van der Waals surface area contributed by atoms with Crippen molar-refractivity contribution in [2.24, 2.45) is 5.73 Å². The Bertz CT molecular complexity index is 169. The van der Waals surface area contributed by atoms with Crippen molar-refractivity contribution in [3.8, 4) is 0 Å². The SMILES string of the molecule is N[C@@H]1CCCC[C@@H]1NC[C@@H]1CCCO1. The smallest absolute Gasteiger partial charge is 0.0700 e. The van der Waals surface area contributed by atoms with Crippen LogP contribution in [0, 0.1) is 0 Å². The van der Waals surface area contributed by atoms with Gasteiger partial charge in [-0.15, -0.1) is 0 Å². The molecule has 1 heterocycles. The van der Waals surface area contributed by atoms with Crippen molar-refractivity contribution in [3.63, 3.8) is 0 Å². The summed E-state index contributed by atoms with van der Waals surface area (Å²) in [7, 11) is 0. The zero-order valence-electron chi connectivity index (χ0n) is 8.87. The highest BCUT2D eigenvalue weighted by molar-refractivity contribution is 4.84. The first kappa shape index (κ1) is 10.4. The topological polar surface area (TPSA) is 47.3 Å². The Morgan fingerprint density at radius 1 is 1.14 bits per heavy atom. The highest BCUT2D eigenvalue weighted by Gasteiger charge is 2.23. The number of rotatable bonds is 3. The normalized spacial score (nSPS) is 38.8. The molecule has 0 aromatic carbocycles. The molecule has 2 fully saturated rings. The fourth-order valence-corrected chi connectivity index (χ4v) is 2.50. The molecule has 3 atom stereocenters. The van der Waals surface area contributed by atoms with Crippen LogP contribution in [0.2, 0.25) is 0 Å². The van der Waals surface area contributed by atoms with E-state index in [1.807, 2.05) is 0 Å². The molecule has 3 N–H and O–H groups in total. The minimum absolute atomic E-state index is 0.366. The first-order valence-electron chi connectivity index (χ1n) is 5.97. The van der Waals surface area contributed by atoms with Gasteiger partial charge in [0.05, 0.1) is 6.10 Å². The monoisotopic (exact) mass is 198 g/mol. The van der Waals surface area contributed by atoms with Gasteiger partial charge in [-0.25, -0.2) is 0 Å². The van der Waals surface area contributed by atoms with Crippen molar-refractivity contribution >= 4 is 0 Å². The van der Waals surface area contributed by atoms with Gasteiger partial charge in [-0.05, 0) is 25.7 Å². The van der Waals surface area contributed by atoms with E-state index in [9.17, 15) is 0 Å². The van der Waals surface area contributed by atoms with Crippen LogP contribution < -0.4 is 11.1 Å². The molecule has 1 aliphatic carbocycles. The van der Waals surface area contributed by atoms with Crippen LogP contribution in [0.15, 0.2) is 0 Å². The maximum absolute atomic E-state index is 6.06. The van der Waals surface area contributed by atoms with Crippen molar-refractivity contribution in [1.82, 2.24) is 5.32 Å². The van der Waals surface area contributed by atoms with Crippen molar-refractivity contribution in [2.75, 3.05) is 13.2 Å². The summed E-state index contributed by atoms with van der Waals surface area (Å²) >= 11 is 0. The number of hydrogen-bond donors (Lipinski definition) is 2. The highest BCUT2D eigenvalue weighted by atomic mass is 16.5. The van der Waals surface area contributed by atoms with E-state index in [4.69, 9.17) is 10.5 Å². The minimum Gasteiger partial charge on any atom is -0.377 e. The molecule has 2 aliphatic rings. The Hall–Kier alpha value is -0.120. The fraction of sp³-hybridized carbons (Fsp3) is 1.00. The van der Waals surface area contributed by atoms with Crippen molar-refractivity contribution < 1.29 is 4.74 Å². The lowest BCUT2D eigenvalue weighted by Gasteiger charge is -2.30. The van der Waals surface area contributed by atoms with Crippen molar-refractivity contribution in [1.29, 1.82) is 0 Å². The van der Waals surface area contributed by atoms with E-state index in [1.165, 1.54) is 38.5 Å². The first-order chi connectivity index (χ1) is 6.86. The Labute approximate surface area is 86.4 Å². The van der Waals surface area contributed by atoms with E-state index >= 15 is 0 Å². The summed E-state index contributed by atoms with van der Waals surface area (Å²) in [5.41, 5.74) is 6.06. The van der Waals surface area contributed by atoms with Crippen LogP contribution in [-0.2, 0) is 4.74 Å². The molecule has 1 aliphatic heterocycles. The van der Waals surface area contributed by atoms with Crippen LogP contribution in [0.5, 0.6) is 0 Å². The van der Waals surface area contributed by atoms with Gasteiger partial charge in [0.15, 0.2) is 0 Å². The summed E-state index contributed by atoms with van der Waals surface area (Å²) in [5.74, 6) is 0. The molecule has 0 spiro atoms. The second kappa shape index (κ2) is 5.10. The molecule has 82 valence electrons. The van der Waals surface area contributed by atoms with Crippen LogP contribution in [0.25, 0.3) is 0 Å². The third kappa shape index (κ3) is 2.69. The molecule has 3 nitrogen and oxygen atoms in total. The van der Waals surface area contributed by atoms with Gasteiger partial charge in [0.2, 0.25) is 0 Å². The second-order valence-electron chi connectivity index (χ2n) is 4.60. The van der Waals surface area contributed by atoms with Gasteiger partial charge in [-0.3, -0.25) is 0 Å². The molecule has 14 heavy (non-hydrogen) atoms. The van der Waals surface area contributed by atoms with Gasteiger partial charge in [0.1, 0.15) is 0 Å². The zero-order chi connectivity index (χ0) is 9.80. The lowest BCUT2D eigenvalue weighted by Crippen LogP contribution is -2.49. The van der Waals surface area contributed by atoms with Gasteiger partial charge < -0.3 is 15.8 Å². The summed E-state index contributed by atoms with van der Waals surface area (Å²) in [6.45, 7) is 1.95. The van der Waals surface area contributed by atoms with Gasteiger partial charge >= 0.3 is 0 Å². The van der Waals surface area contributed by atoms with Gasteiger partial charge in [-0.1, -0.05) is 12.8 Å². The van der Waals surface area contributed by atoms with Gasteiger partial charge in [0.25, 0.3) is 0 Å². The zero-order valence-corrected chi connectivity index (χ0v) is 8.87. The van der Waals surface area contributed by atoms with Gasteiger partial charge in [0, 0.05) is 25.2 Å². The molecular weight excluding hydrogens is 176 g/mol. The standard InChI is InChI=1S/C11H22N2O/c12-10-5-1-2-6-11(10)13-8-9-4-3-7-14-9/h9-11,13H,1-8,12H2/t9-,10+,11-/m0/s1. The molecule has 0 unspecified atom stereocenters. The Morgan fingerprint density at radius 2 is 2.00 bits per heavy atom. The lowest BCUT2D eigenvalue weighted by atomic mass is 9.91. The Balaban J connectivity index is 1.67. The van der Waals surface area contributed by atoms with Crippen LogP contribution >= 0.6 is 0 Å². The highest BCUT2D eigenvalue weighted by Crippen LogP contribution is 2.18. The lowest BCUT2D eigenvalue weighted by molar-refractivity contribution is 0.104. The number of ether oxygens (including phenoxy) is 1. The molecule has 0 amide bonds. The van der Waals surface area contributed by atoms with Crippen LogP contribution in [0.3, 0.4) is 0 Å². The third-order valence-corrected chi connectivity index (χ3v) is 3.45. The number of nitrogens with two attached hydrogens (primary N) is 1. The van der Waals surface area contributed by atoms with Gasteiger partial charge in [-0.2, -0.15) is 0 Å². The van der Waals surface area contributed by atoms with E-state index < -0.39 is 0 Å². The number of nitrogens with one attached hydrogen (secondary N) is 1. The first-order valence-corrected chi connectivity index (χ1v) is 5.97. The predicted molar refractivity (Wildman–Crippen MR) is 57.2 cm³/mol. The quantitative estimate of drug-likeness (QED) is 0.712. The average molecular weight is 198 g/mol. The van der Waals surface area contributed by atoms with Crippen LogP contribution in [0.1, 0.15) is 38.5 Å². The molecule has 0 bridgehead atoms. The average Bonchev–Trinajstić information content (AvgIpc) is 2.69. The Morgan fingerprint density at radius 3 is 2.71 bits per heavy atom. The minimum atomic E-state index is 0.366. The summed E-state index contributed by atoms with van der Waals surface area (Å²) in [6.07, 6.45) is 7.95. The van der Waals surface area contributed by atoms with Crippen LogP contribution in [0.4, 0.5) is 0 Å². The maximum Gasteiger partial charge on any atom is 0.0700 e. The molecule has 0 aromatic heterocycles. The van der Waals surface area contributed by atoms with Crippen LogP contribution in [-0.4, -0.2) is 31.3 Å². The molecule has 1 saturated heterocycles. The molecule has 1 saturated carbocycles. The van der Waals surface area contributed by atoms with E-state index in [2.05, 4.69) is 5.32 Å². The Kier molecular flexibility index (Phi) is 3.79. The molecule has 0 radical (unpaired) electrons.